The van der Waals surface area contributed by atoms with Gasteiger partial charge in [-0.3, -0.25) is 4.79 Å². The van der Waals surface area contributed by atoms with E-state index in [2.05, 4.69) is 19.9 Å². The van der Waals surface area contributed by atoms with E-state index in [9.17, 15) is 18.0 Å². The molecule has 1 unspecified atom stereocenters. The number of anilines is 1. The van der Waals surface area contributed by atoms with Gasteiger partial charge in [0.05, 0.1) is 11.1 Å². The highest BCUT2D eigenvalue weighted by Gasteiger charge is 2.39. The lowest BCUT2D eigenvalue weighted by atomic mass is 10.2. The first kappa shape index (κ1) is 21.3. The summed E-state index contributed by atoms with van der Waals surface area (Å²) in [6.45, 7) is -1.09. The molecule has 0 aliphatic carbocycles. The Labute approximate surface area is 179 Å². The van der Waals surface area contributed by atoms with Crippen molar-refractivity contribution < 1.29 is 22.7 Å². The lowest BCUT2D eigenvalue weighted by Gasteiger charge is -2.25. The number of H-pyrrole nitrogens is 1. The maximum Gasteiger partial charge on any atom is 0.405 e. The number of aromatic amines is 1. The molecule has 4 rings (SSSR count). The Morgan fingerprint density at radius 3 is 2.97 bits per heavy atom. The van der Waals surface area contributed by atoms with Crippen molar-refractivity contribution in [2.75, 3.05) is 25.1 Å². The maximum absolute atomic E-state index is 12.5. The Hall–Kier alpha value is -2.92. The van der Waals surface area contributed by atoms with Crippen molar-refractivity contribution in [3.63, 3.8) is 0 Å². The number of methoxy groups -OCH3 is 1. The third kappa shape index (κ3) is 4.57. The number of pyridine rings is 1. The number of carbonyl (C=O) groups is 1. The summed E-state index contributed by atoms with van der Waals surface area (Å²) in [5.41, 5.74) is 1.27. The highest BCUT2D eigenvalue weighted by molar-refractivity contribution is 6.31. The van der Waals surface area contributed by atoms with Crippen LogP contribution in [0.3, 0.4) is 0 Å². The standard InChI is InChI=1S/C19H18ClF3N6O2/c1-31-11-5-14(18(30)27-9-19(21,22)23)29(8-11)15-2-3-24-17(28-15)13-7-26-16-12(13)4-10(20)6-25-16/h2-4,6-7,11,14H,5,8-9H2,1H3,(H,25,26)(H,27,30)/t11?,14-/m1/s1. The molecule has 12 heteroatoms. The molecular weight excluding hydrogens is 437 g/mol. The first-order chi connectivity index (χ1) is 14.7. The second-order valence-electron chi connectivity index (χ2n) is 7.09. The number of rotatable bonds is 5. The zero-order valence-corrected chi connectivity index (χ0v) is 17.0. The van der Waals surface area contributed by atoms with Gasteiger partial charge in [-0.1, -0.05) is 11.6 Å². The van der Waals surface area contributed by atoms with Crippen LogP contribution in [0.2, 0.25) is 5.02 Å². The fourth-order valence-electron chi connectivity index (χ4n) is 3.58. The first-order valence-corrected chi connectivity index (χ1v) is 9.73. The number of aromatic nitrogens is 4. The number of fused-ring (bicyclic) bond motifs is 1. The van der Waals surface area contributed by atoms with Gasteiger partial charge in [0.2, 0.25) is 5.91 Å². The largest absolute Gasteiger partial charge is 0.405 e. The molecule has 0 saturated carbocycles. The molecule has 1 amide bonds. The minimum absolute atomic E-state index is 0.242. The van der Waals surface area contributed by atoms with Crippen LogP contribution in [0.15, 0.2) is 30.7 Å². The lowest BCUT2D eigenvalue weighted by Crippen LogP contribution is -2.46. The molecule has 1 aliphatic heterocycles. The number of alkyl halides is 3. The van der Waals surface area contributed by atoms with E-state index in [4.69, 9.17) is 16.3 Å². The van der Waals surface area contributed by atoms with E-state index in [-0.39, 0.29) is 12.5 Å². The molecule has 0 aromatic carbocycles. The number of hydrogen-bond donors (Lipinski definition) is 2. The van der Waals surface area contributed by atoms with Crippen LogP contribution in [0.25, 0.3) is 22.4 Å². The van der Waals surface area contributed by atoms with E-state index in [1.807, 2.05) is 5.32 Å². The fraction of sp³-hybridized carbons (Fsp3) is 0.368. The highest BCUT2D eigenvalue weighted by Crippen LogP contribution is 2.30. The number of nitrogens with one attached hydrogen (secondary N) is 2. The van der Waals surface area contributed by atoms with Gasteiger partial charge in [-0.2, -0.15) is 13.2 Å². The Morgan fingerprint density at radius 1 is 1.42 bits per heavy atom. The zero-order valence-electron chi connectivity index (χ0n) is 16.3. The van der Waals surface area contributed by atoms with E-state index in [1.54, 1.807) is 23.2 Å². The molecule has 164 valence electrons. The number of ether oxygens (including phenoxy) is 1. The van der Waals surface area contributed by atoms with Gasteiger partial charge in [-0.25, -0.2) is 15.0 Å². The van der Waals surface area contributed by atoms with Crippen LogP contribution >= 0.6 is 11.6 Å². The van der Waals surface area contributed by atoms with Crippen molar-refractivity contribution >= 4 is 34.4 Å². The van der Waals surface area contributed by atoms with Gasteiger partial charge in [0.15, 0.2) is 5.82 Å². The van der Waals surface area contributed by atoms with Crippen LogP contribution in [-0.2, 0) is 9.53 Å². The fourth-order valence-corrected chi connectivity index (χ4v) is 3.73. The van der Waals surface area contributed by atoms with E-state index >= 15 is 0 Å². The summed E-state index contributed by atoms with van der Waals surface area (Å²) in [6, 6.07) is 2.48. The smallest absolute Gasteiger partial charge is 0.380 e. The number of hydrogen-bond acceptors (Lipinski definition) is 6. The summed E-state index contributed by atoms with van der Waals surface area (Å²) in [7, 11) is 1.49. The molecule has 8 nitrogen and oxygen atoms in total. The SMILES string of the molecule is COC1C[C@H](C(=O)NCC(F)(F)F)N(c2ccnc(-c3c[nH]c4ncc(Cl)cc34)n2)C1. The minimum Gasteiger partial charge on any atom is -0.380 e. The summed E-state index contributed by atoms with van der Waals surface area (Å²) in [5.74, 6) is 0.0318. The van der Waals surface area contributed by atoms with Gasteiger partial charge in [0.1, 0.15) is 24.1 Å². The molecule has 0 bridgehead atoms. The predicted octanol–water partition coefficient (Wildman–Crippen LogP) is 2.95. The molecular formula is C19H18ClF3N6O2. The van der Waals surface area contributed by atoms with Gasteiger partial charge in [-0.15, -0.1) is 0 Å². The Balaban J connectivity index is 1.64. The number of amides is 1. The van der Waals surface area contributed by atoms with Gasteiger partial charge >= 0.3 is 6.18 Å². The van der Waals surface area contributed by atoms with Gasteiger partial charge in [-0.05, 0) is 12.1 Å². The Bertz CT molecular complexity index is 1110. The van der Waals surface area contributed by atoms with Crippen molar-refractivity contribution in [1.29, 1.82) is 0 Å². The van der Waals surface area contributed by atoms with Crippen molar-refractivity contribution in [2.24, 2.45) is 0 Å². The van der Waals surface area contributed by atoms with E-state index in [0.29, 0.717) is 34.4 Å². The van der Waals surface area contributed by atoms with Crippen LogP contribution in [0.4, 0.5) is 19.0 Å². The predicted molar refractivity (Wildman–Crippen MR) is 108 cm³/mol. The number of nitrogens with zero attached hydrogens (tertiary/aromatic N) is 4. The average Bonchev–Trinajstić information content (AvgIpc) is 3.35. The van der Waals surface area contributed by atoms with Crippen LogP contribution in [0.5, 0.6) is 0 Å². The molecule has 3 aromatic rings. The van der Waals surface area contributed by atoms with Crippen LogP contribution in [0, 0.1) is 0 Å². The molecule has 2 atom stereocenters. The van der Waals surface area contributed by atoms with E-state index in [0.717, 1.165) is 5.39 Å². The summed E-state index contributed by atoms with van der Waals surface area (Å²) >= 11 is 6.05. The van der Waals surface area contributed by atoms with Crippen molar-refractivity contribution in [3.05, 3.63) is 35.7 Å². The molecule has 0 radical (unpaired) electrons. The quantitative estimate of drug-likeness (QED) is 0.615. The third-order valence-electron chi connectivity index (χ3n) is 5.04. The molecule has 2 N–H and O–H groups in total. The Morgan fingerprint density at radius 2 is 2.23 bits per heavy atom. The van der Waals surface area contributed by atoms with Crippen LogP contribution in [0.1, 0.15) is 6.42 Å². The van der Waals surface area contributed by atoms with Gasteiger partial charge in [0, 0.05) is 49.6 Å². The van der Waals surface area contributed by atoms with Crippen LogP contribution in [-0.4, -0.2) is 64.4 Å². The maximum atomic E-state index is 12.5. The van der Waals surface area contributed by atoms with Crippen LogP contribution < -0.4 is 10.2 Å². The van der Waals surface area contributed by atoms with Crippen molar-refractivity contribution in [1.82, 2.24) is 25.3 Å². The molecule has 31 heavy (non-hydrogen) atoms. The average molecular weight is 455 g/mol. The summed E-state index contributed by atoms with van der Waals surface area (Å²) in [6.07, 6.45) is 0.164. The third-order valence-corrected chi connectivity index (χ3v) is 5.24. The van der Waals surface area contributed by atoms with Gasteiger partial charge < -0.3 is 19.9 Å². The zero-order chi connectivity index (χ0) is 22.2. The van der Waals surface area contributed by atoms with E-state index < -0.39 is 24.7 Å². The molecule has 1 saturated heterocycles. The first-order valence-electron chi connectivity index (χ1n) is 9.35. The molecule has 1 aliphatic rings. The molecule has 0 spiro atoms. The normalized spacial score (nSPS) is 19.2. The monoisotopic (exact) mass is 454 g/mol. The summed E-state index contributed by atoms with van der Waals surface area (Å²) < 4.78 is 43.0. The molecule has 1 fully saturated rings. The molecule has 4 heterocycles. The van der Waals surface area contributed by atoms with Crippen molar-refractivity contribution in [2.45, 2.75) is 24.7 Å². The Kier molecular flexibility index (Phi) is 5.71. The summed E-state index contributed by atoms with van der Waals surface area (Å²) in [5, 5.41) is 3.12. The van der Waals surface area contributed by atoms with Gasteiger partial charge in [0.25, 0.3) is 0 Å². The van der Waals surface area contributed by atoms with E-state index in [1.165, 1.54) is 19.5 Å². The number of carbonyl (C=O) groups excluding carboxylic acids is 1. The molecule has 3 aromatic heterocycles. The number of halogens is 4. The topological polar surface area (TPSA) is 96.0 Å². The minimum atomic E-state index is -4.49. The lowest BCUT2D eigenvalue weighted by molar-refractivity contribution is -0.139. The van der Waals surface area contributed by atoms with Crippen molar-refractivity contribution in [3.8, 4) is 11.4 Å². The second kappa shape index (κ2) is 8.31. The highest BCUT2D eigenvalue weighted by atomic mass is 35.5. The summed E-state index contributed by atoms with van der Waals surface area (Å²) in [4.78, 5) is 30.2. The second-order valence-corrected chi connectivity index (χ2v) is 7.52.